The molecule has 1 fully saturated rings. The van der Waals surface area contributed by atoms with Crippen LogP contribution in [0.5, 0.6) is 0 Å². The van der Waals surface area contributed by atoms with Crippen LogP contribution in [0.2, 0.25) is 0 Å². The number of anilines is 1. The molecule has 0 radical (unpaired) electrons. The van der Waals surface area contributed by atoms with Gasteiger partial charge in [0.05, 0.1) is 11.2 Å². The normalized spacial score (nSPS) is 15.2. The van der Waals surface area contributed by atoms with Crippen molar-refractivity contribution in [2.75, 3.05) is 31.1 Å². The van der Waals surface area contributed by atoms with Crippen molar-refractivity contribution in [3.8, 4) is 11.1 Å². The van der Waals surface area contributed by atoms with Crippen LogP contribution in [0, 0.1) is 0 Å². The molecule has 0 saturated carbocycles. The summed E-state index contributed by atoms with van der Waals surface area (Å²) >= 11 is 0. The fourth-order valence-corrected chi connectivity index (χ4v) is 4.96. The Morgan fingerprint density at radius 2 is 1.67 bits per heavy atom. The molecule has 1 aliphatic heterocycles. The van der Waals surface area contributed by atoms with Crippen LogP contribution >= 0.6 is 0 Å². The largest absolute Gasteiger partial charge is 0.441 e. The highest BCUT2D eigenvalue weighted by atomic mass is 16.6. The summed E-state index contributed by atoms with van der Waals surface area (Å²) in [5.74, 6) is -0.938. The van der Waals surface area contributed by atoms with Crippen molar-refractivity contribution >= 4 is 22.8 Å². The maximum atomic E-state index is 12.7. The second-order valence-corrected chi connectivity index (χ2v) is 9.17. The van der Waals surface area contributed by atoms with Crippen LogP contribution in [0.1, 0.15) is 32.1 Å². The highest BCUT2D eigenvalue weighted by molar-refractivity contribution is 5.87. The molecule has 1 saturated heterocycles. The van der Waals surface area contributed by atoms with Gasteiger partial charge in [0.25, 0.3) is 0 Å². The zero-order valence-corrected chi connectivity index (χ0v) is 20.7. The molecule has 4 aromatic rings. The van der Waals surface area contributed by atoms with E-state index in [1.165, 1.54) is 28.2 Å². The molecule has 1 unspecified atom stereocenters. The first-order chi connectivity index (χ1) is 17.5. The lowest BCUT2D eigenvalue weighted by Crippen LogP contribution is -2.46. The first kappa shape index (κ1) is 23.9. The minimum atomic E-state index is -0.685. The topological polar surface area (TPSA) is 67.9 Å². The maximum absolute atomic E-state index is 12.7. The Bertz CT molecular complexity index is 1400. The minimum Gasteiger partial charge on any atom is -0.441 e. The number of rotatable bonds is 7. The number of para-hydroxylation sites is 1. The van der Waals surface area contributed by atoms with E-state index in [-0.39, 0.29) is 0 Å². The van der Waals surface area contributed by atoms with Crippen LogP contribution in [0.4, 0.5) is 5.69 Å². The van der Waals surface area contributed by atoms with Crippen LogP contribution < -0.4 is 10.7 Å². The molecule has 7 heteroatoms. The summed E-state index contributed by atoms with van der Waals surface area (Å²) in [6, 6.07) is 24.9. The molecule has 0 N–H and O–H groups in total. The van der Waals surface area contributed by atoms with Crippen molar-refractivity contribution < 1.29 is 13.9 Å². The van der Waals surface area contributed by atoms with Crippen molar-refractivity contribution in [3.63, 3.8) is 0 Å². The maximum Gasteiger partial charge on any atom is 0.423 e. The van der Waals surface area contributed by atoms with Crippen molar-refractivity contribution in [2.45, 2.75) is 33.0 Å². The lowest BCUT2D eigenvalue weighted by atomic mass is 10.0. The second kappa shape index (κ2) is 10.4. The first-order valence-electron chi connectivity index (χ1n) is 12.5. The lowest BCUT2D eigenvalue weighted by molar-refractivity contribution is -0.151. The number of esters is 1. The van der Waals surface area contributed by atoms with Gasteiger partial charge in [-0.2, -0.15) is 0 Å². The van der Waals surface area contributed by atoms with Gasteiger partial charge < -0.3 is 14.1 Å². The van der Waals surface area contributed by atoms with E-state index in [2.05, 4.69) is 58.3 Å². The Balaban J connectivity index is 1.30. The van der Waals surface area contributed by atoms with Crippen LogP contribution in [-0.2, 0) is 16.1 Å². The number of nitrogens with zero attached hydrogens (tertiary/aromatic N) is 3. The molecule has 7 nitrogen and oxygen atoms in total. The quantitative estimate of drug-likeness (QED) is 0.341. The van der Waals surface area contributed by atoms with Gasteiger partial charge in [0.2, 0.25) is 0 Å². The molecule has 2 heterocycles. The smallest absolute Gasteiger partial charge is 0.423 e. The van der Waals surface area contributed by atoms with Crippen LogP contribution in [-0.4, -0.2) is 41.6 Å². The summed E-state index contributed by atoms with van der Waals surface area (Å²) < 4.78 is 12.5. The Morgan fingerprint density at radius 3 is 2.39 bits per heavy atom. The summed E-state index contributed by atoms with van der Waals surface area (Å²) in [6.45, 7) is 7.58. The summed E-state index contributed by atoms with van der Waals surface area (Å²) in [6.07, 6.45) is -0.210. The van der Waals surface area contributed by atoms with Gasteiger partial charge >= 0.3 is 11.7 Å². The minimum absolute atomic E-state index is 0.426. The van der Waals surface area contributed by atoms with Gasteiger partial charge in [-0.05, 0) is 34.9 Å². The lowest BCUT2D eigenvalue weighted by Gasteiger charge is -2.36. The highest BCUT2D eigenvalue weighted by Crippen LogP contribution is 2.30. The average Bonchev–Trinajstić information content (AvgIpc) is 3.24. The number of carbonyl (C=O) groups is 1. The van der Waals surface area contributed by atoms with Crippen LogP contribution in [0.3, 0.4) is 0 Å². The molecule has 36 heavy (non-hydrogen) atoms. The molecule has 1 aromatic heterocycles. The second-order valence-electron chi connectivity index (χ2n) is 9.17. The third-order valence-electron chi connectivity index (χ3n) is 6.71. The molecule has 0 bridgehead atoms. The number of fused-ring (bicyclic) bond motifs is 1. The summed E-state index contributed by atoms with van der Waals surface area (Å²) in [4.78, 5) is 29.0. The molecule has 0 amide bonds. The van der Waals surface area contributed by atoms with Crippen molar-refractivity contribution in [2.24, 2.45) is 0 Å². The van der Waals surface area contributed by atoms with Crippen LogP contribution in [0.15, 0.2) is 82.0 Å². The number of piperazine rings is 1. The summed E-state index contributed by atoms with van der Waals surface area (Å²) in [5.41, 5.74) is 5.84. The average molecular weight is 486 g/mol. The fourth-order valence-electron chi connectivity index (χ4n) is 4.96. The van der Waals surface area contributed by atoms with E-state index in [9.17, 15) is 9.59 Å². The molecule has 5 rings (SSSR count). The van der Waals surface area contributed by atoms with Crippen LogP contribution in [0.25, 0.3) is 22.2 Å². The molecule has 0 aliphatic carbocycles. The van der Waals surface area contributed by atoms with E-state index in [1.54, 1.807) is 0 Å². The molecule has 1 aliphatic rings. The third kappa shape index (κ3) is 4.93. The molecule has 0 spiro atoms. The molecular formula is C29H31N3O4. The van der Waals surface area contributed by atoms with Crippen molar-refractivity contribution in [1.29, 1.82) is 0 Å². The van der Waals surface area contributed by atoms with E-state index in [4.69, 9.17) is 9.15 Å². The molecule has 3 aromatic carbocycles. The summed E-state index contributed by atoms with van der Waals surface area (Å²) in [7, 11) is 0. The van der Waals surface area contributed by atoms with Gasteiger partial charge in [-0.1, -0.05) is 61.5 Å². The SMILES string of the molecule is CCC(OC(C)=O)n1c(=O)oc2c(N3CCN(Cc4cccc(-c5ccccc5)c4)CC3)cccc21. The predicted molar refractivity (Wildman–Crippen MR) is 141 cm³/mol. The van der Waals surface area contributed by atoms with Gasteiger partial charge in [-0.3, -0.25) is 9.69 Å². The number of oxazole rings is 1. The van der Waals surface area contributed by atoms with Gasteiger partial charge in [-0.15, -0.1) is 0 Å². The number of ether oxygens (including phenoxy) is 1. The zero-order chi connectivity index (χ0) is 25.1. The number of benzene rings is 3. The zero-order valence-electron chi connectivity index (χ0n) is 20.7. The van der Waals surface area contributed by atoms with E-state index < -0.39 is 18.0 Å². The van der Waals surface area contributed by atoms with Gasteiger partial charge in [-0.25, -0.2) is 9.36 Å². The number of aromatic nitrogens is 1. The van der Waals surface area contributed by atoms with E-state index in [1.807, 2.05) is 31.2 Å². The Kier molecular flexibility index (Phi) is 6.91. The standard InChI is InChI=1S/C29H31N3O4/c1-3-27(35-21(2)33)32-26-14-8-13-25(28(26)36-29(32)34)31-17-15-30(16-18-31)20-22-9-7-12-24(19-22)23-10-5-4-6-11-23/h4-14,19,27H,3,15-18,20H2,1-2H3. The Labute approximate surface area is 210 Å². The van der Waals surface area contributed by atoms with Crippen molar-refractivity contribution in [1.82, 2.24) is 9.47 Å². The monoisotopic (exact) mass is 485 g/mol. The first-order valence-corrected chi connectivity index (χ1v) is 12.5. The predicted octanol–water partition coefficient (Wildman–Crippen LogP) is 5.06. The Hall–Kier alpha value is -3.84. The summed E-state index contributed by atoms with van der Waals surface area (Å²) in [5, 5.41) is 0. The van der Waals surface area contributed by atoms with E-state index in [0.717, 1.165) is 38.4 Å². The van der Waals surface area contributed by atoms with E-state index in [0.29, 0.717) is 17.5 Å². The van der Waals surface area contributed by atoms with Crippen molar-refractivity contribution in [3.05, 3.63) is 88.9 Å². The molecule has 186 valence electrons. The number of carbonyl (C=O) groups excluding carboxylic acids is 1. The number of hydrogen-bond donors (Lipinski definition) is 0. The van der Waals surface area contributed by atoms with E-state index >= 15 is 0 Å². The van der Waals surface area contributed by atoms with Gasteiger partial charge in [0.15, 0.2) is 11.8 Å². The van der Waals surface area contributed by atoms with Gasteiger partial charge in [0, 0.05) is 46.1 Å². The highest BCUT2D eigenvalue weighted by Gasteiger charge is 2.25. The molecular weight excluding hydrogens is 454 g/mol. The molecule has 1 atom stereocenters. The number of hydrogen-bond acceptors (Lipinski definition) is 6. The fraction of sp³-hybridized carbons (Fsp3) is 0.310. The third-order valence-corrected chi connectivity index (χ3v) is 6.71. The van der Waals surface area contributed by atoms with Gasteiger partial charge in [0.1, 0.15) is 0 Å². The Morgan fingerprint density at radius 1 is 0.944 bits per heavy atom.